The van der Waals surface area contributed by atoms with Crippen LogP contribution in [0.5, 0.6) is 0 Å². The number of aryl methyl sites for hydroxylation is 2. The summed E-state index contributed by atoms with van der Waals surface area (Å²) in [7, 11) is 0. The van der Waals surface area contributed by atoms with Gasteiger partial charge in [0, 0.05) is 50.8 Å². The molecule has 0 saturated carbocycles. The van der Waals surface area contributed by atoms with Gasteiger partial charge in [-0.15, -0.1) is 5.10 Å². The molecule has 8 heteroatoms. The molecule has 1 aliphatic rings. The van der Waals surface area contributed by atoms with Crippen LogP contribution in [0.15, 0.2) is 97.6 Å². The molecule has 0 amide bonds. The molecule has 0 N–H and O–H groups in total. The van der Waals surface area contributed by atoms with Gasteiger partial charge in [0.05, 0.1) is 18.1 Å². The van der Waals surface area contributed by atoms with Crippen LogP contribution < -0.4 is 0 Å². The zero-order valence-corrected chi connectivity index (χ0v) is 23.0. The molecule has 40 heavy (non-hydrogen) atoms. The van der Waals surface area contributed by atoms with Crippen LogP contribution >= 0.6 is 0 Å². The number of rotatable bonds is 8. The van der Waals surface area contributed by atoms with Gasteiger partial charge in [0.25, 0.3) is 0 Å². The highest BCUT2D eigenvalue weighted by molar-refractivity contribution is 5.49. The summed E-state index contributed by atoms with van der Waals surface area (Å²) in [5.74, 6) is 0.838. The van der Waals surface area contributed by atoms with E-state index in [9.17, 15) is 0 Å². The van der Waals surface area contributed by atoms with Gasteiger partial charge in [0.2, 0.25) is 0 Å². The van der Waals surface area contributed by atoms with Gasteiger partial charge < -0.3 is 4.57 Å². The number of benzene rings is 3. The SMILES string of the molecule is Cc1cccc(C)c1-n1nnnc1[C@@H](c1ccc(-n2ccnc2)cc1)N1CCN(CC=Cc2ccccc2)CC1. The Balaban J connectivity index is 1.27. The third-order valence-electron chi connectivity index (χ3n) is 7.65. The van der Waals surface area contributed by atoms with Crippen molar-refractivity contribution in [1.82, 2.24) is 39.6 Å². The number of imidazole rings is 1. The van der Waals surface area contributed by atoms with E-state index in [1.165, 1.54) is 11.1 Å². The van der Waals surface area contributed by atoms with Crippen molar-refractivity contribution in [3.05, 3.63) is 126 Å². The molecule has 6 rings (SSSR count). The highest BCUT2D eigenvalue weighted by Crippen LogP contribution is 2.31. The smallest absolute Gasteiger partial charge is 0.178 e. The van der Waals surface area contributed by atoms with Gasteiger partial charge in [0.1, 0.15) is 0 Å². The van der Waals surface area contributed by atoms with Crippen molar-refractivity contribution in [3.63, 3.8) is 0 Å². The lowest BCUT2D eigenvalue weighted by atomic mass is 10.0. The lowest BCUT2D eigenvalue weighted by Gasteiger charge is -2.38. The van der Waals surface area contributed by atoms with Crippen LogP contribution in [-0.4, -0.2) is 72.3 Å². The number of tetrazole rings is 1. The zero-order valence-electron chi connectivity index (χ0n) is 23.0. The molecule has 202 valence electrons. The van der Waals surface area contributed by atoms with Gasteiger partial charge in [-0.1, -0.05) is 72.8 Å². The maximum Gasteiger partial charge on any atom is 0.178 e. The van der Waals surface area contributed by atoms with E-state index in [1.54, 1.807) is 6.20 Å². The summed E-state index contributed by atoms with van der Waals surface area (Å²) >= 11 is 0. The third-order valence-corrected chi connectivity index (χ3v) is 7.65. The summed E-state index contributed by atoms with van der Waals surface area (Å²) in [5.41, 5.74) is 6.83. The molecule has 0 bridgehead atoms. The second-order valence-corrected chi connectivity index (χ2v) is 10.3. The molecule has 1 atom stereocenters. The number of aromatic nitrogens is 6. The van der Waals surface area contributed by atoms with Gasteiger partial charge in [0.15, 0.2) is 5.82 Å². The number of para-hydroxylation sites is 1. The van der Waals surface area contributed by atoms with E-state index in [2.05, 4.69) is 129 Å². The number of hydrogen-bond acceptors (Lipinski definition) is 6. The molecule has 1 fully saturated rings. The van der Waals surface area contributed by atoms with E-state index in [1.807, 2.05) is 21.8 Å². The molecular weight excluding hydrogens is 496 g/mol. The first kappa shape index (κ1) is 25.9. The lowest BCUT2D eigenvalue weighted by molar-refractivity contribution is 0.113. The molecule has 0 aliphatic carbocycles. The van der Waals surface area contributed by atoms with Crippen LogP contribution in [0.2, 0.25) is 0 Å². The maximum absolute atomic E-state index is 4.62. The molecule has 8 nitrogen and oxygen atoms in total. The standard InChI is InChI=1S/C32H34N8/c1-25-8-6-9-26(2)30(25)40-32(34-35-36-40)31(28-13-15-29(16-14-28)39-19-17-33-24-39)38-22-20-37(21-23-38)18-7-12-27-10-4-3-5-11-27/h3-17,19,24,31H,18,20-23H2,1-2H3/t31-/m1/s1. The highest BCUT2D eigenvalue weighted by Gasteiger charge is 2.31. The molecule has 2 aromatic heterocycles. The van der Waals surface area contributed by atoms with Crippen molar-refractivity contribution >= 4 is 6.08 Å². The summed E-state index contributed by atoms with van der Waals surface area (Å²) in [6.45, 7) is 8.98. The average Bonchev–Trinajstić information content (AvgIpc) is 3.69. The largest absolute Gasteiger partial charge is 0.306 e. The highest BCUT2D eigenvalue weighted by atomic mass is 15.6. The Morgan fingerprint density at radius 1 is 0.850 bits per heavy atom. The Labute approximate surface area is 235 Å². The summed E-state index contributed by atoms with van der Waals surface area (Å²) in [6.07, 6.45) is 10.0. The minimum Gasteiger partial charge on any atom is -0.306 e. The van der Waals surface area contributed by atoms with Crippen LogP contribution in [0.3, 0.4) is 0 Å². The second kappa shape index (κ2) is 11.8. The Bertz CT molecular complexity index is 1530. The van der Waals surface area contributed by atoms with E-state index in [-0.39, 0.29) is 6.04 Å². The molecule has 1 saturated heterocycles. The Morgan fingerprint density at radius 3 is 2.30 bits per heavy atom. The zero-order chi connectivity index (χ0) is 27.3. The molecule has 3 heterocycles. The van der Waals surface area contributed by atoms with Crippen molar-refractivity contribution < 1.29 is 0 Å². The van der Waals surface area contributed by atoms with Gasteiger partial charge >= 0.3 is 0 Å². The lowest BCUT2D eigenvalue weighted by Crippen LogP contribution is -2.48. The monoisotopic (exact) mass is 530 g/mol. The van der Waals surface area contributed by atoms with Crippen molar-refractivity contribution in [2.24, 2.45) is 0 Å². The Kier molecular flexibility index (Phi) is 7.61. The van der Waals surface area contributed by atoms with Crippen LogP contribution in [0.1, 0.15) is 34.1 Å². The van der Waals surface area contributed by atoms with Crippen molar-refractivity contribution in [2.45, 2.75) is 19.9 Å². The summed E-state index contributed by atoms with van der Waals surface area (Å²) in [5, 5.41) is 13.3. The fraction of sp³-hybridized carbons (Fsp3) is 0.250. The maximum atomic E-state index is 4.62. The second-order valence-electron chi connectivity index (χ2n) is 10.3. The molecule has 0 spiro atoms. The number of piperazine rings is 1. The third kappa shape index (κ3) is 5.50. The van der Waals surface area contributed by atoms with E-state index in [4.69, 9.17) is 0 Å². The molecule has 0 radical (unpaired) electrons. The predicted molar refractivity (Wildman–Crippen MR) is 158 cm³/mol. The quantitative estimate of drug-likeness (QED) is 0.285. The molecule has 3 aromatic carbocycles. The minimum atomic E-state index is -0.0761. The fourth-order valence-electron chi connectivity index (χ4n) is 5.53. The van der Waals surface area contributed by atoms with E-state index in [0.717, 1.165) is 61.0 Å². The first-order chi connectivity index (χ1) is 19.7. The van der Waals surface area contributed by atoms with Crippen LogP contribution in [0.25, 0.3) is 17.5 Å². The van der Waals surface area contributed by atoms with Crippen LogP contribution in [0, 0.1) is 13.8 Å². The van der Waals surface area contributed by atoms with Crippen molar-refractivity contribution in [2.75, 3.05) is 32.7 Å². The van der Waals surface area contributed by atoms with Gasteiger partial charge in [-0.3, -0.25) is 9.80 Å². The molecular formula is C32H34N8. The van der Waals surface area contributed by atoms with Crippen LogP contribution in [-0.2, 0) is 0 Å². The predicted octanol–water partition coefficient (Wildman–Crippen LogP) is 4.89. The normalized spacial score (nSPS) is 15.6. The van der Waals surface area contributed by atoms with Crippen molar-refractivity contribution in [1.29, 1.82) is 0 Å². The Morgan fingerprint density at radius 2 is 1.60 bits per heavy atom. The van der Waals surface area contributed by atoms with E-state index >= 15 is 0 Å². The summed E-state index contributed by atoms with van der Waals surface area (Å²) < 4.78 is 3.95. The van der Waals surface area contributed by atoms with Gasteiger partial charge in [-0.25, -0.2) is 4.98 Å². The average molecular weight is 531 g/mol. The molecule has 5 aromatic rings. The van der Waals surface area contributed by atoms with Gasteiger partial charge in [-0.2, -0.15) is 4.68 Å². The van der Waals surface area contributed by atoms with Crippen LogP contribution in [0.4, 0.5) is 0 Å². The van der Waals surface area contributed by atoms with E-state index in [0.29, 0.717) is 0 Å². The first-order valence-corrected chi connectivity index (χ1v) is 13.8. The Hall–Kier alpha value is -4.40. The minimum absolute atomic E-state index is 0.0761. The summed E-state index contributed by atoms with van der Waals surface area (Å²) in [4.78, 5) is 9.21. The topological polar surface area (TPSA) is 67.9 Å². The van der Waals surface area contributed by atoms with E-state index < -0.39 is 0 Å². The van der Waals surface area contributed by atoms with Gasteiger partial charge in [-0.05, 0) is 58.7 Å². The summed E-state index contributed by atoms with van der Waals surface area (Å²) in [6, 6.07) is 25.4. The number of hydrogen-bond donors (Lipinski definition) is 0. The first-order valence-electron chi connectivity index (χ1n) is 13.8. The number of nitrogens with zero attached hydrogens (tertiary/aromatic N) is 8. The fourth-order valence-corrected chi connectivity index (χ4v) is 5.53. The molecule has 1 aliphatic heterocycles. The van der Waals surface area contributed by atoms with Crippen molar-refractivity contribution in [3.8, 4) is 11.4 Å². The molecule has 0 unspecified atom stereocenters.